The molecule has 0 aromatic carbocycles. The molecule has 0 fully saturated rings. The zero-order valence-electron chi connectivity index (χ0n) is 8.64. The molecule has 2 N–H and O–H groups in total. The van der Waals surface area contributed by atoms with Gasteiger partial charge in [0, 0.05) is 6.42 Å². The summed E-state index contributed by atoms with van der Waals surface area (Å²) in [4.78, 5) is 15.6. The summed E-state index contributed by atoms with van der Waals surface area (Å²) >= 11 is 0. The number of carbonyl (C=O) groups excluding carboxylic acids is 1. The molecular weight excluding hydrogens is 196 g/mol. The lowest BCUT2D eigenvalue weighted by Gasteiger charge is -2.20. The maximum atomic E-state index is 11.5. The van der Waals surface area contributed by atoms with Gasteiger partial charge in [0.15, 0.2) is 0 Å². The zero-order chi connectivity index (χ0) is 10.8. The molecule has 1 aliphatic rings. The number of ether oxygens (including phenoxy) is 1. The minimum Gasteiger partial charge on any atom is -0.466 e. The Labute approximate surface area is 87.4 Å². The molecule has 0 radical (unpaired) electrons. The van der Waals surface area contributed by atoms with Crippen molar-refractivity contribution in [1.29, 1.82) is 0 Å². The molecular formula is C9H14N4O2. The average Bonchev–Trinajstić information content (AvgIpc) is 2.57. The summed E-state index contributed by atoms with van der Waals surface area (Å²) in [5.41, 5.74) is 5.48. The van der Waals surface area contributed by atoms with Crippen molar-refractivity contribution in [3.63, 3.8) is 0 Å². The molecule has 1 aromatic rings. The largest absolute Gasteiger partial charge is 0.466 e. The molecule has 15 heavy (non-hydrogen) atoms. The number of hydrogen-bond acceptors (Lipinski definition) is 5. The van der Waals surface area contributed by atoms with Crippen LogP contribution in [-0.4, -0.2) is 27.3 Å². The van der Waals surface area contributed by atoms with Gasteiger partial charge in [0.05, 0.1) is 19.1 Å². The van der Waals surface area contributed by atoms with Crippen LogP contribution in [0, 0.1) is 5.92 Å². The highest BCUT2D eigenvalue weighted by molar-refractivity contribution is 5.72. The number of nitrogens with zero attached hydrogens (tertiary/aromatic N) is 3. The van der Waals surface area contributed by atoms with E-state index in [9.17, 15) is 4.79 Å². The second kappa shape index (κ2) is 3.88. The minimum atomic E-state index is -0.155. The fraction of sp³-hybridized carbons (Fsp3) is 0.667. The highest BCUT2D eigenvalue weighted by atomic mass is 16.5. The fourth-order valence-corrected chi connectivity index (χ4v) is 1.78. The van der Waals surface area contributed by atoms with Crippen LogP contribution < -0.4 is 5.73 Å². The molecule has 2 rings (SSSR count). The van der Waals surface area contributed by atoms with Crippen LogP contribution in [0.15, 0.2) is 0 Å². The number of anilines is 1. The van der Waals surface area contributed by atoms with Crippen LogP contribution >= 0.6 is 0 Å². The lowest BCUT2D eigenvalue weighted by atomic mass is 10.0. The van der Waals surface area contributed by atoms with Gasteiger partial charge < -0.3 is 10.5 Å². The molecule has 0 bridgehead atoms. The van der Waals surface area contributed by atoms with Crippen LogP contribution in [-0.2, 0) is 22.5 Å². The van der Waals surface area contributed by atoms with Crippen molar-refractivity contribution in [2.75, 3.05) is 12.3 Å². The number of nitrogen functional groups attached to an aromatic ring is 1. The number of aryl methyl sites for hydroxylation is 1. The first-order valence-corrected chi connectivity index (χ1v) is 5.06. The van der Waals surface area contributed by atoms with Gasteiger partial charge in [-0.3, -0.25) is 4.79 Å². The van der Waals surface area contributed by atoms with Crippen LogP contribution in [0.5, 0.6) is 0 Å². The molecule has 0 saturated heterocycles. The summed E-state index contributed by atoms with van der Waals surface area (Å²) in [6, 6.07) is 0. The summed E-state index contributed by atoms with van der Waals surface area (Å²) in [5, 5.41) is 4.02. The molecule has 82 valence electrons. The Morgan fingerprint density at radius 1 is 1.73 bits per heavy atom. The van der Waals surface area contributed by atoms with Crippen molar-refractivity contribution < 1.29 is 9.53 Å². The quantitative estimate of drug-likeness (QED) is 0.694. The smallest absolute Gasteiger partial charge is 0.310 e. The van der Waals surface area contributed by atoms with E-state index in [-0.39, 0.29) is 17.8 Å². The third kappa shape index (κ3) is 1.93. The predicted octanol–water partition coefficient (Wildman–Crippen LogP) is -0.0142. The number of nitrogens with two attached hydrogens (primary N) is 1. The van der Waals surface area contributed by atoms with Crippen LogP contribution in [0.3, 0.4) is 0 Å². The van der Waals surface area contributed by atoms with Crippen LogP contribution in [0.4, 0.5) is 5.95 Å². The van der Waals surface area contributed by atoms with E-state index >= 15 is 0 Å². The Morgan fingerprint density at radius 3 is 3.27 bits per heavy atom. The molecule has 0 saturated carbocycles. The van der Waals surface area contributed by atoms with Crippen molar-refractivity contribution in [1.82, 2.24) is 14.8 Å². The summed E-state index contributed by atoms with van der Waals surface area (Å²) in [6.45, 7) is 2.75. The maximum Gasteiger partial charge on any atom is 0.310 e. The Balaban J connectivity index is 2.08. The van der Waals surface area contributed by atoms with Gasteiger partial charge in [0.2, 0.25) is 5.95 Å². The van der Waals surface area contributed by atoms with Crippen LogP contribution in [0.1, 0.15) is 19.2 Å². The van der Waals surface area contributed by atoms with Crippen molar-refractivity contribution >= 4 is 11.9 Å². The normalized spacial score (nSPS) is 19.7. The standard InChI is InChI=1S/C9H14N4O2/c1-2-15-8(14)6-3-4-7-11-9(10)12-13(7)5-6/h6H,2-5H2,1H3,(H2,10,12). The van der Waals surface area contributed by atoms with Gasteiger partial charge in [-0.05, 0) is 13.3 Å². The molecule has 6 heteroatoms. The van der Waals surface area contributed by atoms with Gasteiger partial charge in [-0.25, -0.2) is 4.68 Å². The Hall–Kier alpha value is -1.59. The molecule has 0 spiro atoms. The van der Waals surface area contributed by atoms with E-state index in [1.807, 2.05) is 0 Å². The predicted molar refractivity (Wildman–Crippen MR) is 52.9 cm³/mol. The first-order chi connectivity index (χ1) is 7.20. The Bertz CT molecular complexity index is 374. The fourth-order valence-electron chi connectivity index (χ4n) is 1.78. The van der Waals surface area contributed by atoms with E-state index in [0.29, 0.717) is 13.2 Å². The number of aromatic nitrogens is 3. The third-order valence-corrected chi connectivity index (χ3v) is 2.49. The van der Waals surface area contributed by atoms with Crippen LogP contribution in [0.25, 0.3) is 0 Å². The first-order valence-electron chi connectivity index (χ1n) is 5.06. The van der Waals surface area contributed by atoms with Crippen molar-refractivity contribution in [2.45, 2.75) is 26.3 Å². The van der Waals surface area contributed by atoms with E-state index in [1.54, 1.807) is 11.6 Å². The highest BCUT2D eigenvalue weighted by Crippen LogP contribution is 2.19. The topological polar surface area (TPSA) is 83.0 Å². The molecule has 6 nitrogen and oxygen atoms in total. The summed E-state index contributed by atoms with van der Waals surface area (Å²) in [5.74, 6) is 0.860. The number of rotatable bonds is 2. The maximum absolute atomic E-state index is 11.5. The van der Waals surface area contributed by atoms with E-state index in [4.69, 9.17) is 10.5 Å². The third-order valence-electron chi connectivity index (χ3n) is 2.49. The average molecular weight is 210 g/mol. The van der Waals surface area contributed by atoms with Gasteiger partial charge in [-0.2, -0.15) is 4.98 Å². The Morgan fingerprint density at radius 2 is 2.53 bits per heavy atom. The molecule has 1 aliphatic heterocycles. The molecule has 0 aliphatic carbocycles. The van der Waals surface area contributed by atoms with Gasteiger partial charge in [-0.15, -0.1) is 5.10 Å². The van der Waals surface area contributed by atoms with Gasteiger partial charge in [0.1, 0.15) is 5.82 Å². The summed E-state index contributed by atoms with van der Waals surface area (Å²) < 4.78 is 6.67. The van der Waals surface area contributed by atoms with E-state index in [1.165, 1.54) is 0 Å². The molecule has 1 unspecified atom stereocenters. The second-order valence-corrected chi connectivity index (χ2v) is 3.56. The van der Waals surface area contributed by atoms with Crippen molar-refractivity contribution in [3.05, 3.63) is 5.82 Å². The van der Waals surface area contributed by atoms with E-state index < -0.39 is 0 Å². The van der Waals surface area contributed by atoms with Gasteiger partial charge in [-0.1, -0.05) is 0 Å². The van der Waals surface area contributed by atoms with Gasteiger partial charge >= 0.3 is 5.97 Å². The summed E-state index contributed by atoms with van der Waals surface area (Å²) in [6.07, 6.45) is 1.49. The number of hydrogen-bond donors (Lipinski definition) is 1. The highest BCUT2D eigenvalue weighted by Gasteiger charge is 2.27. The number of esters is 1. The number of fused-ring (bicyclic) bond motifs is 1. The molecule has 0 amide bonds. The minimum absolute atomic E-state index is 0.112. The van der Waals surface area contributed by atoms with E-state index in [2.05, 4.69) is 10.1 Å². The van der Waals surface area contributed by atoms with Crippen molar-refractivity contribution in [3.8, 4) is 0 Å². The Kier molecular flexibility index (Phi) is 2.57. The SMILES string of the molecule is CCOC(=O)C1CCc2nc(N)nn2C1. The lowest BCUT2D eigenvalue weighted by Crippen LogP contribution is -2.29. The second-order valence-electron chi connectivity index (χ2n) is 3.56. The van der Waals surface area contributed by atoms with Crippen molar-refractivity contribution in [2.24, 2.45) is 5.92 Å². The zero-order valence-corrected chi connectivity index (χ0v) is 8.64. The number of carbonyl (C=O) groups is 1. The van der Waals surface area contributed by atoms with Crippen LogP contribution in [0.2, 0.25) is 0 Å². The summed E-state index contributed by atoms with van der Waals surface area (Å²) in [7, 11) is 0. The lowest BCUT2D eigenvalue weighted by molar-refractivity contribution is -0.149. The van der Waals surface area contributed by atoms with E-state index in [0.717, 1.165) is 18.7 Å². The molecule has 1 atom stereocenters. The van der Waals surface area contributed by atoms with Gasteiger partial charge in [0.25, 0.3) is 0 Å². The monoisotopic (exact) mass is 210 g/mol. The molecule has 2 heterocycles. The molecule has 1 aromatic heterocycles. The first kappa shape index (κ1) is 9.95.